The molecule has 1 N–H and O–H groups in total. The van der Waals surface area contributed by atoms with Crippen molar-refractivity contribution in [2.45, 2.75) is 18.9 Å². The molecule has 1 fully saturated rings. The molecule has 0 spiro atoms. The minimum Gasteiger partial charge on any atom is -0.478 e. The first-order valence-corrected chi connectivity index (χ1v) is 5.58. The Morgan fingerprint density at radius 2 is 2.19 bits per heavy atom. The second-order valence-corrected chi connectivity index (χ2v) is 4.58. The molecular formula is C12H10ClNO2. The summed E-state index contributed by atoms with van der Waals surface area (Å²) in [7, 11) is 0. The van der Waals surface area contributed by atoms with Gasteiger partial charge in [0.1, 0.15) is 0 Å². The van der Waals surface area contributed by atoms with E-state index in [1.807, 2.05) is 6.07 Å². The van der Waals surface area contributed by atoms with Crippen molar-refractivity contribution in [1.82, 2.24) is 4.57 Å². The van der Waals surface area contributed by atoms with Crippen LogP contribution in [-0.4, -0.2) is 15.6 Å². The molecule has 1 aromatic carbocycles. The fourth-order valence-corrected chi connectivity index (χ4v) is 2.22. The second kappa shape index (κ2) is 3.25. The molecule has 1 heterocycles. The first-order chi connectivity index (χ1) is 7.66. The van der Waals surface area contributed by atoms with Crippen LogP contribution in [0.5, 0.6) is 0 Å². The quantitative estimate of drug-likeness (QED) is 0.868. The number of hydrogen-bond acceptors (Lipinski definition) is 1. The summed E-state index contributed by atoms with van der Waals surface area (Å²) in [5, 5.41) is 10.4. The number of nitrogens with zero attached hydrogens (tertiary/aromatic N) is 1. The maximum atomic E-state index is 11.1. The molecule has 4 heteroatoms. The maximum Gasteiger partial charge on any atom is 0.337 e. The molecule has 0 bridgehead atoms. The van der Waals surface area contributed by atoms with Gasteiger partial charge in [-0.2, -0.15) is 0 Å². The van der Waals surface area contributed by atoms with E-state index in [0.717, 1.165) is 23.7 Å². The highest BCUT2D eigenvalue weighted by atomic mass is 35.5. The molecule has 1 aliphatic rings. The van der Waals surface area contributed by atoms with Crippen LogP contribution in [0, 0.1) is 0 Å². The Morgan fingerprint density at radius 3 is 2.81 bits per heavy atom. The van der Waals surface area contributed by atoms with Crippen molar-refractivity contribution in [1.29, 1.82) is 0 Å². The van der Waals surface area contributed by atoms with Crippen LogP contribution in [0.2, 0.25) is 5.02 Å². The van der Waals surface area contributed by atoms with E-state index < -0.39 is 5.97 Å². The van der Waals surface area contributed by atoms with Gasteiger partial charge in [0, 0.05) is 28.2 Å². The lowest BCUT2D eigenvalue weighted by molar-refractivity contribution is 0.0699. The van der Waals surface area contributed by atoms with E-state index >= 15 is 0 Å². The predicted octanol–water partition coefficient (Wildman–Crippen LogP) is 3.33. The van der Waals surface area contributed by atoms with Crippen molar-refractivity contribution < 1.29 is 9.90 Å². The fraction of sp³-hybridized carbons (Fsp3) is 0.250. The molecule has 1 aromatic heterocycles. The third-order valence-electron chi connectivity index (χ3n) is 2.97. The number of halogens is 1. The Morgan fingerprint density at radius 1 is 1.44 bits per heavy atom. The number of hydrogen-bond donors (Lipinski definition) is 1. The lowest BCUT2D eigenvalue weighted by atomic mass is 10.2. The fourth-order valence-electron chi connectivity index (χ4n) is 2.05. The van der Waals surface area contributed by atoms with E-state index in [0.29, 0.717) is 16.6 Å². The summed E-state index contributed by atoms with van der Waals surface area (Å²) in [5.41, 5.74) is 1.30. The van der Waals surface area contributed by atoms with E-state index in [-0.39, 0.29) is 0 Å². The normalized spacial score (nSPS) is 15.6. The molecule has 1 saturated carbocycles. The smallest absolute Gasteiger partial charge is 0.337 e. The van der Waals surface area contributed by atoms with Crippen molar-refractivity contribution in [2.24, 2.45) is 0 Å². The van der Waals surface area contributed by atoms with Crippen molar-refractivity contribution in [2.75, 3.05) is 0 Å². The Bertz CT molecular complexity index is 584. The maximum absolute atomic E-state index is 11.1. The molecule has 3 rings (SSSR count). The molecule has 0 radical (unpaired) electrons. The number of carboxylic acid groups (broad SMARTS) is 1. The molecule has 0 aliphatic heterocycles. The summed E-state index contributed by atoms with van der Waals surface area (Å²) in [6.07, 6.45) is 3.98. The van der Waals surface area contributed by atoms with Gasteiger partial charge in [0.15, 0.2) is 0 Å². The number of carboxylic acids is 1. The third-order valence-corrected chi connectivity index (χ3v) is 3.20. The zero-order valence-electron chi connectivity index (χ0n) is 8.48. The largest absolute Gasteiger partial charge is 0.478 e. The van der Waals surface area contributed by atoms with E-state index in [1.54, 1.807) is 18.3 Å². The van der Waals surface area contributed by atoms with Gasteiger partial charge in [0.05, 0.1) is 5.56 Å². The van der Waals surface area contributed by atoms with Crippen LogP contribution < -0.4 is 0 Å². The molecule has 0 amide bonds. The number of aromatic nitrogens is 1. The highest BCUT2D eigenvalue weighted by Crippen LogP contribution is 2.39. The zero-order valence-corrected chi connectivity index (χ0v) is 9.24. The lowest BCUT2D eigenvalue weighted by Crippen LogP contribution is -1.94. The molecule has 0 atom stereocenters. The van der Waals surface area contributed by atoms with E-state index in [2.05, 4.69) is 4.57 Å². The lowest BCUT2D eigenvalue weighted by Gasteiger charge is -2.01. The Labute approximate surface area is 97.2 Å². The third kappa shape index (κ3) is 1.39. The van der Waals surface area contributed by atoms with Gasteiger partial charge in [-0.3, -0.25) is 0 Å². The van der Waals surface area contributed by atoms with Crippen LogP contribution in [0.25, 0.3) is 10.9 Å². The first kappa shape index (κ1) is 9.73. The van der Waals surface area contributed by atoms with Crippen molar-refractivity contribution in [3.05, 3.63) is 35.0 Å². The Hall–Kier alpha value is -1.48. The first-order valence-electron chi connectivity index (χ1n) is 5.20. The number of carbonyl (C=O) groups is 1. The van der Waals surface area contributed by atoms with Gasteiger partial charge in [-0.1, -0.05) is 11.6 Å². The Kier molecular flexibility index (Phi) is 1.98. The van der Waals surface area contributed by atoms with Crippen LogP contribution >= 0.6 is 11.6 Å². The molecule has 82 valence electrons. The van der Waals surface area contributed by atoms with Gasteiger partial charge < -0.3 is 9.67 Å². The van der Waals surface area contributed by atoms with Crippen LogP contribution in [0.3, 0.4) is 0 Å². The zero-order chi connectivity index (χ0) is 11.3. The molecular weight excluding hydrogens is 226 g/mol. The highest BCUT2D eigenvalue weighted by Gasteiger charge is 2.27. The SMILES string of the molecule is O=C(O)c1cn(C2CC2)c2ccc(Cl)cc12. The number of rotatable bonds is 2. The minimum atomic E-state index is -0.897. The molecule has 1 aliphatic carbocycles. The topological polar surface area (TPSA) is 42.2 Å². The number of benzene rings is 1. The second-order valence-electron chi connectivity index (χ2n) is 4.15. The molecule has 0 unspecified atom stereocenters. The van der Waals surface area contributed by atoms with Gasteiger partial charge in [-0.05, 0) is 31.0 Å². The summed E-state index contributed by atoms with van der Waals surface area (Å²) in [5.74, 6) is -0.897. The summed E-state index contributed by atoms with van der Waals surface area (Å²) in [4.78, 5) is 11.1. The van der Waals surface area contributed by atoms with Crippen LogP contribution in [0.4, 0.5) is 0 Å². The average molecular weight is 236 g/mol. The number of fused-ring (bicyclic) bond motifs is 1. The van der Waals surface area contributed by atoms with E-state index in [9.17, 15) is 4.79 Å². The van der Waals surface area contributed by atoms with Crippen LogP contribution in [-0.2, 0) is 0 Å². The summed E-state index contributed by atoms with van der Waals surface area (Å²) in [6, 6.07) is 5.88. The summed E-state index contributed by atoms with van der Waals surface area (Å²) >= 11 is 5.90. The van der Waals surface area contributed by atoms with Gasteiger partial charge in [0.25, 0.3) is 0 Å². The van der Waals surface area contributed by atoms with Crippen LogP contribution in [0.1, 0.15) is 29.2 Å². The Balaban J connectivity index is 2.32. The van der Waals surface area contributed by atoms with Crippen molar-refractivity contribution in [3.63, 3.8) is 0 Å². The monoisotopic (exact) mass is 235 g/mol. The van der Waals surface area contributed by atoms with Crippen molar-refractivity contribution in [3.8, 4) is 0 Å². The van der Waals surface area contributed by atoms with Gasteiger partial charge in [-0.25, -0.2) is 4.79 Å². The molecule has 0 saturated heterocycles. The average Bonchev–Trinajstić information content (AvgIpc) is 2.99. The van der Waals surface area contributed by atoms with E-state index in [1.165, 1.54) is 0 Å². The van der Waals surface area contributed by atoms with Gasteiger partial charge in [-0.15, -0.1) is 0 Å². The highest BCUT2D eigenvalue weighted by molar-refractivity contribution is 6.31. The predicted molar refractivity (Wildman–Crippen MR) is 62.2 cm³/mol. The summed E-state index contributed by atoms with van der Waals surface area (Å²) in [6.45, 7) is 0. The molecule has 2 aromatic rings. The standard InChI is InChI=1S/C12H10ClNO2/c13-7-1-4-11-9(5-7)10(12(15)16)6-14(11)8-2-3-8/h1,4-6,8H,2-3H2,(H,15,16). The van der Waals surface area contributed by atoms with E-state index in [4.69, 9.17) is 16.7 Å². The number of aromatic carboxylic acids is 1. The van der Waals surface area contributed by atoms with Crippen LogP contribution in [0.15, 0.2) is 24.4 Å². The molecule has 16 heavy (non-hydrogen) atoms. The molecule has 3 nitrogen and oxygen atoms in total. The van der Waals surface area contributed by atoms with Gasteiger partial charge in [0.2, 0.25) is 0 Å². The summed E-state index contributed by atoms with van der Waals surface area (Å²) < 4.78 is 2.05. The van der Waals surface area contributed by atoms with Gasteiger partial charge >= 0.3 is 5.97 Å². The minimum absolute atomic E-state index is 0.337. The van der Waals surface area contributed by atoms with Crippen molar-refractivity contribution >= 4 is 28.5 Å².